The molecule has 1 N–H and O–H groups in total. The van der Waals surface area contributed by atoms with E-state index >= 15 is 0 Å². The zero-order valence-electron chi connectivity index (χ0n) is 12.0. The molecule has 0 aromatic rings. The fourth-order valence-corrected chi connectivity index (χ4v) is 2.32. The Morgan fingerprint density at radius 1 is 1.32 bits per heavy atom. The van der Waals surface area contributed by atoms with E-state index in [1.165, 1.54) is 4.90 Å². The number of nitrogens with zero attached hydrogens (tertiary/aromatic N) is 1. The Kier molecular flexibility index (Phi) is 6.56. The maximum Gasteiger partial charge on any atom is 0.401 e. The highest BCUT2D eigenvalue weighted by molar-refractivity contribution is 4.85. The maximum absolute atomic E-state index is 12.6. The van der Waals surface area contributed by atoms with Crippen molar-refractivity contribution in [2.24, 2.45) is 5.92 Å². The Bertz CT molecular complexity index is 259. The van der Waals surface area contributed by atoms with E-state index in [0.717, 1.165) is 13.0 Å². The largest absolute Gasteiger partial charge is 0.401 e. The van der Waals surface area contributed by atoms with Crippen molar-refractivity contribution < 1.29 is 17.9 Å². The van der Waals surface area contributed by atoms with Crippen LogP contribution in [0, 0.1) is 5.92 Å². The van der Waals surface area contributed by atoms with E-state index in [-0.39, 0.29) is 18.0 Å². The van der Waals surface area contributed by atoms with Crippen LogP contribution in [0.1, 0.15) is 27.2 Å². The number of rotatable bonds is 7. The second-order valence-corrected chi connectivity index (χ2v) is 5.50. The topological polar surface area (TPSA) is 24.5 Å². The third kappa shape index (κ3) is 6.10. The number of alkyl halides is 3. The third-order valence-corrected chi connectivity index (χ3v) is 3.44. The molecule has 1 aliphatic heterocycles. The lowest BCUT2D eigenvalue weighted by atomic mass is 10.0. The summed E-state index contributed by atoms with van der Waals surface area (Å²) in [4.78, 5) is 1.49. The van der Waals surface area contributed by atoms with Gasteiger partial charge in [0.25, 0.3) is 0 Å². The lowest BCUT2D eigenvalue weighted by Crippen LogP contribution is -2.46. The summed E-state index contributed by atoms with van der Waals surface area (Å²) < 4.78 is 43.1. The van der Waals surface area contributed by atoms with Crippen LogP contribution >= 0.6 is 0 Å². The molecule has 0 radical (unpaired) electrons. The molecule has 0 aromatic heterocycles. The van der Waals surface area contributed by atoms with Crippen molar-refractivity contribution in [1.29, 1.82) is 0 Å². The molecular formula is C13H25F3N2O. The molecule has 114 valence electrons. The quantitative estimate of drug-likeness (QED) is 0.775. The van der Waals surface area contributed by atoms with Gasteiger partial charge < -0.3 is 10.1 Å². The minimum absolute atomic E-state index is 0.117. The lowest BCUT2D eigenvalue weighted by Gasteiger charge is -2.31. The molecule has 0 amide bonds. The highest BCUT2D eigenvalue weighted by atomic mass is 19.4. The van der Waals surface area contributed by atoms with Crippen LogP contribution < -0.4 is 5.32 Å². The van der Waals surface area contributed by atoms with E-state index in [9.17, 15) is 13.2 Å². The number of nitrogens with one attached hydrogen (secondary N) is 1. The molecule has 2 unspecified atom stereocenters. The first-order valence-electron chi connectivity index (χ1n) is 6.95. The first-order valence-corrected chi connectivity index (χ1v) is 6.95. The Morgan fingerprint density at radius 3 is 2.53 bits per heavy atom. The first kappa shape index (κ1) is 16.7. The Morgan fingerprint density at radius 2 is 2.00 bits per heavy atom. The van der Waals surface area contributed by atoms with Crippen molar-refractivity contribution in [3.8, 4) is 0 Å². The van der Waals surface area contributed by atoms with Gasteiger partial charge in [0.05, 0.1) is 19.8 Å². The molecule has 1 aliphatic rings. The molecule has 0 saturated carbocycles. The molecule has 0 spiro atoms. The summed E-state index contributed by atoms with van der Waals surface area (Å²) in [5, 5.41) is 3.36. The molecule has 1 heterocycles. The van der Waals surface area contributed by atoms with Crippen LogP contribution in [0.4, 0.5) is 13.2 Å². The van der Waals surface area contributed by atoms with Crippen molar-refractivity contribution in [2.45, 2.75) is 45.5 Å². The molecule has 3 nitrogen and oxygen atoms in total. The molecule has 6 heteroatoms. The normalized spacial score (nSPS) is 24.6. The van der Waals surface area contributed by atoms with Gasteiger partial charge in [0.2, 0.25) is 0 Å². The summed E-state index contributed by atoms with van der Waals surface area (Å²) in [7, 11) is 0. The zero-order valence-corrected chi connectivity index (χ0v) is 12.0. The summed E-state index contributed by atoms with van der Waals surface area (Å²) in [6.07, 6.45) is -3.13. The smallest absolute Gasteiger partial charge is 0.379 e. The molecule has 2 atom stereocenters. The third-order valence-electron chi connectivity index (χ3n) is 3.44. The maximum atomic E-state index is 12.6. The second kappa shape index (κ2) is 7.45. The van der Waals surface area contributed by atoms with Crippen molar-refractivity contribution in [3.05, 3.63) is 0 Å². The predicted molar refractivity (Wildman–Crippen MR) is 69.2 cm³/mol. The van der Waals surface area contributed by atoms with Crippen LogP contribution in [0.15, 0.2) is 0 Å². The number of ether oxygens (including phenoxy) is 1. The summed E-state index contributed by atoms with van der Waals surface area (Å²) in [6, 6.07) is 0.0588. The van der Waals surface area contributed by atoms with Crippen molar-refractivity contribution in [3.63, 3.8) is 0 Å². The van der Waals surface area contributed by atoms with Crippen molar-refractivity contribution >= 4 is 0 Å². The number of hydrogen-bond acceptors (Lipinski definition) is 3. The molecule has 1 rings (SSSR count). The molecular weight excluding hydrogens is 257 g/mol. The van der Waals surface area contributed by atoms with Gasteiger partial charge in [-0.05, 0) is 26.8 Å². The van der Waals surface area contributed by atoms with Gasteiger partial charge in [-0.1, -0.05) is 6.92 Å². The van der Waals surface area contributed by atoms with Crippen molar-refractivity contribution in [1.82, 2.24) is 10.2 Å². The molecule has 0 aliphatic carbocycles. The molecule has 0 aromatic carbocycles. The van der Waals surface area contributed by atoms with Crippen LogP contribution in [0.5, 0.6) is 0 Å². The fraction of sp³-hybridized carbons (Fsp3) is 1.00. The molecule has 1 fully saturated rings. The average molecular weight is 282 g/mol. The Labute approximate surface area is 113 Å². The van der Waals surface area contributed by atoms with Gasteiger partial charge in [-0.15, -0.1) is 0 Å². The Hall–Kier alpha value is -0.330. The van der Waals surface area contributed by atoms with E-state index in [2.05, 4.69) is 12.2 Å². The molecule has 0 bridgehead atoms. The van der Waals surface area contributed by atoms with E-state index < -0.39 is 12.7 Å². The highest BCUT2D eigenvalue weighted by Gasteiger charge is 2.35. The van der Waals surface area contributed by atoms with Crippen LogP contribution in [-0.2, 0) is 4.74 Å². The summed E-state index contributed by atoms with van der Waals surface area (Å²) >= 11 is 0. The van der Waals surface area contributed by atoms with Crippen LogP contribution in [0.25, 0.3) is 0 Å². The van der Waals surface area contributed by atoms with Gasteiger partial charge >= 0.3 is 6.18 Å². The predicted octanol–water partition coefficient (Wildman–Crippen LogP) is 2.27. The van der Waals surface area contributed by atoms with Gasteiger partial charge in [-0.25, -0.2) is 0 Å². The van der Waals surface area contributed by atoms with E-state index in [4.69, 9.17) is 4.74 Å². The minimum atomic E-state index is -4.14. The Balaban J connectivity index is 2.52. The van der Waals surface area contributed by atoms with Crippen LogP contribution in [0.3, 0.4) is 0 Å². The lowest BCUT2D eigenvalue weighted by molar-refractivity contribution is -0.151. The molecule has 1 saturated heterocycles. The minimum Gasteiger partial charge on any atom is -0.379 e. The standard InChI is InChI=1S/C13H25F3N2O/c1-4-5-17-12-8-19-7-11(12)6-18(10(2)3)9-13(14,15)16/h10-12,17H,4-9H2,1-3H3. The average Bonchev–Trinajstić information content (AvgIpc) is 2.71. The SMILES string of the molecule is CCCNC1COCC1CN(CC(F)(F)F)C(C)C. The molecule has 19 heavy (non-hydrogen) atoms. The highest BCUT2D eigenvalue weighted by Crippen LogP contribution is 2.22. The van der Waals surface area contributed by atoms with Gasteiger partial charge in [-0.3, -0.25) is 4.90 Å². The van der Waals surface area contributed by atoms with Gasteiger partial charge in [0, 0.05) is 24.5 Å². The number of hydrogen-bond donors (Lipinski definition) is 1. The number of halogens is 3. The van der Waals surface area contributed by atoms with Gasteiger partial charge in [0.15, 0.2) is 0 Å². The van der Waals surface area contributed by atoms with Crippen molar-refractivity contribution in [2.75, 3.05) is 32.8 Å². The van der Waals surface area contributed by atoms with Crippen LogP contribution in [-0.4, -0.2) is 56.0 Å². The van der Waals surface area contributed by atoms with E-state index in [1.807, 2.05) is 0 Å². The van der Waals surface area contributed by atoms with E-state index in [0.29, 0.717) is 19.8 Å². The summed E-state index contributed by atoms with van der Waals surface area (Å²) in [5.41, 5.74) is 0. The van der Waals surface area contributed by atoms with E-state index in [1.54, 1.807) is 13.8 Å². The zero-order chi connectivity index (χ0) is 14.5. The second-order valence-electron chi connectivity index (χ2n) is 5.50. The first-order chi connectivity index (χ1) is 8.83. The summed E-state index contributed by atoms with van der Waals surface area (Å²) in [5.74, 6) is 0.135. The fourth-order valence-electron chi connectivity index (χ4n) is 2.32. The van der Waals surface area contributed by atoms with Gasteiger partial charge in [-0.2, -0.15) is 13.2 Å². The van der Waals surface area contributed by atoms with Gasteiger partial charge in [0.1, 0.15) is 0 Å². The monoisotopic (exact) mass is 282 g/mol. The summed E-state index contributed by atoms with van der Waals surface area (Å²) in [6.45, 7) is 7.28. The van der Waals surface area contributed by atoms with Crippen LogP contribution in [0.2, 0.25) is 0 Å².